The Balaban J connectivity index is 1.54. The zero-order valence-electron chi connectivity index (χ0n) is 20.7. The summed E-state index contributed by atoms with van der Waals surface area (Å²) in [6, 6.07) is 21.4. The second-order valence-electron chi connectivity index (χ2n) is 9.17. The van der Waals surface area contributed by atoms with Gasteiger partial charge in [0.05, 0.1) is 27.9 Å². The lowest BCUT2D eigenvalue weighted by atomic mass is 9.83. The van der Waals surface area contributed by atoms with Crippen molar-refractivity contribution in [3.8, 4) is 11.5 Å². The van der Waals surface area contributed by atoms with Crippen LogP contribution in [0.3, 0.4) is 0 Å². The molecule has 2 heterocycles. The summed E-state index contributed by atoms with van der Waals surface area (Å²) < 4.78 is 13.6. The maximum absolute atomic E-state index is 13.9. The molecule has 0 unspecified atom stereocenters. The van der Waals surface area contributed by atoms with Crippen molar-refractivity contribution in [3.63, 3.8) is 0 Å². The number of allylic oxidation sites excluding steroid dienone is 1. The number of ether oxygens (including phenoxy) is 2. The molecule has 0 radical (unpaired) electrons. The molecule has 8 heteroatoms. The second-order valence-corrected chi connectivity index (χ2v) is 11.0. The minimum Gasteiger partial charge on any atom is -0.497 e. The Morgan fingerprint density at radius 3 is 2.63 bits per heavy atom. The van der Waals surface area contributed by atoms with Gasteiger partial charge in [-0.15, -0.1) is 0 Å². The van der Waals surface area contributed by atoms with Gasteiger partial charge in [-0.2, -0.15) is 0 Å². The molecule has 1 aliphatic carbocycles. The van der Waals surface area contributed by atoms with Gasteiger partial charge in [-0.1, -0.05) is 53.8 Å². The van der Waals surface area contributed by atoms with Gasteiger partial charge in [0.25, 0.3) is 5.56 Å². The van der Waals surface area contributed by atoms with Gasteiger partial charge in [-0.3, -0.25) is 14.2 Å². The Morgan fingerprint density at radius 1 is 1.11 bits per heavy atom. The molecule has 0 saturated heterocycles. The van der Waals surface area contributed by atoms with E-state index < -0.39 is 5.97 Å². The smallest absolute Gasteiger partial charge is 0.308 e. The van der Waals surface area contributed by atoms with Crippen molar-refractivity contribution < 1.29 is 14.3 Å². The summed E-state index contributed by atoms with van der Waals surface area (Å²) in [7, 11) is 1.65. The number of hydrogen-bond donors (Lipinski definition) is 0. The monoisotopic (exact) mass is 586 g/mol. The van der Waals surface area contributed by atoms with Crippen molar-refractivity contribution in [2.24, 2.45) is 4.99 Å². The van der Waals surface area contributed by atoms with E-state index in [2.05, 4.69) is 34.1 Å². The number of methoxy groups -OCH3 is 1. The van der Waals surface area contributed by atoms with Crippen molar-refractivity contribution in [2.75, 3.05) is 7.11 Å². The molecule has 0 saturated carbocycles. The van der Waals surface area contributed by atoms with Gasteiger partial charge in [-0.05, 0) is 81.4 Å². The average Bonchev–Trinajstić information content (AvgIpc) is 3.23. The lowest BCUT2D eigenvalue weighted by Gasteiger charge is -2.30. The first-order valence-electron chi connectivity index (χ1n) is 12.2. The molecule has 1 aromatic heterocycles. The van der Waals surface area contributed by atoms with Crippen LogP contribution in [0.5, 0.6) is 11.5 Å². The lowest BCUT2D eigenvalue weighted by molar-refractivity contribution is -0.131. The van der Waals surface area contributed by atoms with Gasteiger partial charge in [-0.25, -0.2) is 4.99 Å². The molecule has 1 aliphatic heterocycles. The lowest BCUT2D eigenvalue weighted by Crippen LogP contribution is -2.38. The SMILES string of the molecule is COc1ccc([C@H]2C3=C(N=c4s/c(=C/c5ccc(OC(C)=O)c(Br)c5)c(=O)n42)c2ccccc2CC3)cc1. The van der Waals surface area contributed by atoms with Crippen molar-refractivity contribution in [2.45, 2.75) is 25.8 Å². The maximum atomic E-state index is 13.9. The molecule has 0 N–H and O–H groups in total. The van der Waals surface area contributed by atoms with E-state index in [4.69, 9.17) is 14.5 Å². The molecule has 6 nitrogen and oxygen atoms in total. The molecule has 0 amide bonds. The van der Waals surface area contributed by atoms with E-state index in [9.17, 15) is 9.59 Å². The Labute approximate surface area is 231 Å². The van der Waals surface area contributed by atoms with Crippen molar-refractivity contribution >= 4 is 45.0 Å². The molecule has 190 valence electrons. The van der Waals surface area contributed by atoms with Gasteiger partial charge in [0, 0.05) is 12.5 Å². The zero-order valence-corrected chi connectivity index (χ0v) is 23.1. The summed E-state index contributed by atoms with van der Waals surface area (Å²) in [5, 5.41) is 0. The van der Waals surface area contributed by atoms with Gasteiger partial charge in [0.1, 0.15) is 11.5 Å². The summed E-state index contributed by atoms with van der Waals surface area (Å²) in [5.74, 6) is 0.810. The molecule has 3 aromatic carbocycles. The zero-order chi connectivity index (χ0) is 26.4. The molecule has 0 spiro atoms. The molecular formula is C30H23BrN2O4S. The van der Waals surface area contributed by atoms with Crippen LogP contribution in [0.2, 0.25) is 0 Å². The Bertz CT molecular complexity index is 1800. The first-order valence-corrected chi connectivity index (χ1v) is 13.8. The predicted molar refractivity (Wildman–Crippen MR) is 151 cm³/mol. The number of hydrogen-bond acceptors (Lipinski definition) is 6. The summed E-state index contributed by atoms with van der Waals surface area (Å²) >= 11 is 4.84. The number of benzene rings is 3. The number of aromatic nitrogens is 1. The van der Waals surface area contributed by atoms with Crippen LogP contribution in [0, 0.1) is 0 Å². The number of rotatable bonds is 4. The third kappa shape index (κ3) is 4.33. The number of aryl methyl sites for hydroxylation is 1. The highest BCUT2D eigenvalue weighted by atomic mass is 79.9. The van der Waals surface area contributed by atoms with Crippen molar-refractivity contribution in [1.29, 1.82) is 0 Å². The van der Waals surface area contributed by atoms with Crippen LogP contribution in [0.1, 0.15) is 41.6 Å². The number of halogens is 1. The third-order valence-electron chi connectivity index (χ3n) is 6.81. The van der Waals surface area contributed by atoms with Crippen molar-refractivity contribution in [3.05, 3.63) is 119 Å². The van der Waals surface area contributed by atoms with Crippen LogP contribution in [0.4, 0.5) is 0 Å². The molecule has 1 atom stereocenters. The standard InChI is InChI=1S/C30H23BrN2O4S/c1-17(34)37-25-14-7-18(15-24(25)31)16-26-29(35)33-28(20-8-11-21(36-2)12-9-20)23-13-10-19-5-3-4-6-22(19)27(23)32-30(33)38-26/h3-9,11-12,14-16,28H,10,13H2,1-2H3/b26-16+/t28-/m0/s1. The van der Waals surface area contributed by atoms with Gasteiger partial charge in [0.2, 0.25) is 0 Å². The second kappa shape index (κ2) is 9.85. The maximum Gasteiger partial charge on any atom is 0.308 e. The topological polar surface area (TPSA) is 69.9 Å². The predicted octanol–water partition coefficient (Wildman–Crippen LogP) is 5.02. The van der Waals surface area contributed by atoms with Crippen molar-refractivity contribution in [1.82, 2.24) is 4.57 Å². The minimum absolute atomic E-state index is 0.0832. The van der Waals surface area contributed by atoms with Gasteiger partial charge >= 0.3 is 5.97 Å². The number of thiazole rings is 1. The van der Waals surface area contributed by atoms with E-state index in [0.29, 0.717) is 19.6 Å². The largest absolute Gasteiger partial charge is 0.497 e. The summed E-state index contributed by atoms with van der Waals surface area (Å²) in [5.41, 5.74) is 6.28. The summed E-state index contributed by atoms with van der Waals surface area (Å²) in [6.07, 6.45) is 3.60. The highest BCUT2D eigenvalue weighted by molar-refractivity contribution is 9.10. The van der Waals surface area contributed by atoms with Crippen LogP contribution >= 0.6 is 27.3 Å². The average molecular weight is 587 g/mol. The number of esters is 1. The number of fused-ring (bicyclic) bond motifs is 3. The van der Waals surface area contributed by atoms with E-state index >= 15 is 0 Å². The van der Waals surface area contributed by atoms with Gasteiger partial charge < -0.3 is 9.47 Å². The fraction of sp³-hybridized carbons (Fsp3) is 0.167. The van der Waals surface area contributed by atoms with E-state index in [1.165, 1.54) is 23.8 Å². The highest BCUT2D eigenvalue weighted by Crippen LogP contribution is 2.41. The highest BCUT2D eigenvalue weighted by Gasteiger charge is 2.32. The molecule has 38 heavy (non-hydrogen) atoms. The fourth-order valence-electron chi connectivity index (χ4n) is 5.10. The summed E-state index contributed by atoms with van der Waals surface area (Å²) in [4.78, 5) is 31.0. The normalized spacial score (nSPS) is 16.3. The quantitative estimate of drug-likeness (QED) is 0.249. The van der Waals surface area contributed by atoms with Crippen LogP contribution in [-0.2, 0) is 11.2 Å². The molecule has 6 rings (SSSR count). The molecule has 2 aliphatic rings. The van der Waals surface area contributed by atoms with E-state index in [1.54, 1.807) is 13.2 Å². The fourth-order valence-corrected chi connectivity index (χ4v) is 6.58. The van der Waals surface area contributed by atoms with Crippen LogP contribution < -0.4 is 24.4 Å². The molecule has 4 aromatic rings. The minimum atomic E-state index is -0.393. The Hall–Kier alpha value is -3.75. The Morgan fingerprint density at radius 2 is 1.89 bits per heavy atom. The van der Waals surface area contributed by atoms with E-state index in [-0.39, 0.29) is 11.6 Å². The van der Waals surface area contributed by atoms with Gasteiger partial charge in [0.15, 0.2) is 4.80 Å². The number of nitrogens with zero attached hydrogens (tertiary/aromatic N) is 2. The first-order chi connectivity index (χ1) is 18.4. The Kier molecular flexibility index (Phi) is 6.37. The van der Waals surface area contributed by atoms with Crippen LogP contribution in [-0.4, -0.2) is 17.6 Å². The van der Waals surface area contributed by atoms with E-state index in [0.717, 1.165) is 46.6 Å². The summed E-state index contributed by atoms with van der Waals surface area (Å²) in [6.45, 7) is 1.36. The van der Waals surface area contributed by atoms with Crippen LogP contribution in [0.25, 0.3) is 11.8 Å². The third-order valence-corrected chi connectivity index (χ3v) is 8.41. The van der Waals surface area contributed by atoms with E-state index in [1.807, 2.05) is 53.1 Å². The van der Waals surface area contributed by atoms with Crippen LogP contribution in [0.15, 0.2) is 86.6 Å². The number of carbonyl (C=O) groups excluding carboxylic acids is 1. The molecule has 0 bridgehead atoms. The molecular weight excluding hydrogens is 564 g/mol. The first kappa shape index (κ1) is 24.6. The molecule has 0 fully saturated rings. The number of carbonyl (C=O) groups is 1.